The number of carbonyl (C=O) groups is 1. The van der Waals surface area contributed by atoms with Crippen molar-refractivity contribution in [2.45, 2.75) is 13.0 Å². The molecular formula is C11H10NNaO3S. The molecule has 0 amide bonds. The SMILES string of the molecule is Cc1ccc(O)c(C2=NC(C(=O)[O-])CS2)c1.[Na+]. The standard InChI is InChI=1S/C11H11NO3S.Na/c1-6-2-3-9(13)7(4-6)10-12-8(5-16-10)11(14)15;/h2-4,8,13H,5H2,1H3,(H,14,15);/q;+1/p-1. The van der Waals surface area contributed by atoms with E-state index in [0.717, 1.165) is 5.56 Å². The minimum atomic E-state index is -1.17. The Hall–Kier alpha value is -0.490. The number of phenols is 1. The van der Waals surface area contributed by atoms with Crippen molar-refractivity contribution in [3.63, 3.8) is 0 Å². The number of phenolic OH excluding ortho intramolecular Hbond substituents is 1. The second-order valence-electron chi connectivity index (χ2n) is 3.60. The van der Waals surface area contributed by atoms with Crippen molar-refractivity contribution in [3.05, 3.63) is 29.3 Å². The molecule has 1 aliphatic rings. The molecule has 0 spiro atoms. The van der Waals surface area contributed by atoms with E-state index in [-0.39, 0.29) is 35.3 Å². The molecule has 0 bridgehead atoms. The van der Waals surface area contributed by atoms with Crippen LogP contribution in [-0.4, -0.2) is 27.9 Å². The number of thioether (sulfide) groups is 1. The first-order valence-corrected chi connectivity index (χ1v) is 5.78. The number of aliphatic imine (C=N–C) groups is 1. The van der Waals surface area contributed by atoms with E-state index in [1.165, 1.54) is 11.8 Å². The molecule has 1 aromatic carbocycles. The molecule has 1 atom stereocenters. The van der Waals surface area contributed by atoms with Gasteiger partial charge in [0.15, 0.2) is 0 Å². The number of hydrogen-bond acceptors (Lipinski definition) is 5. The van der Waals surface area contributed by atoms with Gasteiger partial charge in [0.05, 0.1) is 5.97 Å². The largest absolute Gasteiger partial charge is 1.00 e. The molecule has 6 heteroatoms. The zero-order valence-electron chi connectivity index (χ0n) is 9.64. The van der Waals surface area contributed by atoms with E-state index in [1.807, 2.05) is 6.92 Å². The number of hydrogen-bond donors (Lipinski definition) is 1. The Morgan fingerprint density at radius 1 is 1.59 bits per heavy atom. The monoisotopic (exact) mass is 259 g/mol. The number of aliphatic carboxylic acids is 1. The zero-order chi connectivity index (χ0) is 11.7. The van der Waals surface area contributed by atoms with Crippen LogP contribution in [0.15, 0.2) is 23.2 Å². The van der Waals surface area contributed by atoms with Gasteiger partial charge in [-0.25, -0.2) is 0 Å². The van der Waals surface area contributed by atoms with Gasteiger partial charge in [0.25, 0.3) is 0 Å². The molecule has 1 aromatic rings. The summed E-state index contributed by atoms with van der Waals surface area (Å²) in [6.07, 6.45) is 0. The fourth-order valence-corrected chi connectivity index (χ4v) is 2.51. The van der Waals surface area contributed by atoms with Crippen LogP contribution >= 0.6 is 11.8 Å². The first-order chi connectivity index (χ1) is 7.58. The summed E-state index contributed by atoms with van der Waals surface area (Å²) in [5.74, 6) is -0.684. The number of aromatic hydroxyl groups is 1. The van der Waals surface area contributed by atoms with Crippen LogP contribution in [0, 0.1) is 6.92 Å². The summed E-state index contributed by atoms with van der Waals surface area (Å²) in [5, 5.41) is 20.9. The van der Waals surface area contributed by atoms with E-state index in [2.05, 4.69) is 4.99 Å². The average molecular weight is 259 g/mol. The molecule has 4 nitrogen and oxygen atoms in total. The van der Waals surface area contributed by atoms with Crippen molar-refractivity contribution in [2.75, 3.05) is 5.75 Å². The minimum Gasteiger partial charge on any atom is -0.548 e. The molecule has 0 aromatic heterocycles. The van der Waals surface area contributed by atoms with Crippen LogP contribution in [0.1, 0.15) is 11.1 Å². The number of carboxylic acids is 1. The zero-order valence-corrected chi connectivity index (χ0v) is 12.5. The summed E-state index contributed by atoms with van der Waals surface area (Å²) in [4.78, 5) is 14.7. The molecule has 0 radical (unpaired) electrons. The molecule has 0 fully saturated rings. The summed E-state index contributed by atoms with van der Waals surface area (Å²) in [6, 6.07) is 4.36. The van der Waals surface area contributed by atoms with Gasteiger partial charge < -0.3 is 15.0 Å². The van der Waals surface area contributed by atoms with E-state index in [1.54, 1.807) is 18.2 Å². The van der Waals surface area contributed by atoms with E-state index in [9.17, 15) is 15.0 Å². The van der Waals surface area contributed by atoms with Crippen LogP contribution < -0.4 is 34.7 Å². The van der Waals surface area contributed by atoms with Crippen LogP contribution in [0.2, 0.25) is 0 Å². The number of carboxylic acid groups (broad SMARTS) is 1. The van der Waals surface area contributed by atoms with Crippen molar-refractivity contribution in [1.82, 2.24) is 0 Å². The molecule has 0 saturated carbocycles. The summed E-state index contributed by atoms with van der Waals surface area (Å²) in [6.45, 7) is 1.90. The predicted octanol–water partition coefficient (Wildman–Crippen LogP) is -2.68. The number of benzene rings is 1. The van der Waals surface area contributed by atoms with Gasteiger partial charge in [-0.2, -0.15) is 0 Å². The third-order valence-electron chi connectivity index (χ3n) is 2.31. The van der Waals surface area contributed by atoms with Gasteiger partial charge in [0.2, 0.25) is 0 Å². The third kappa shape index (κ3) is 3.25. The number of carbonyl (C=O) groups excluding carboxylic acids is 1. The molecule has 84 valence electrons. The maximum atomic E-state index is 10.6. The van der Waals surface area contributed by atoms with Crippen molar-refractivity contribution in [3.8, 4) is 5.75 Å². The van der Waals surface area contributed by atoms with Crippen molar-refractivity contribution in [1.29, 1.82) is 0 Å². The Morgan fingerprint density at radius 2 is 2.29 bits per heavy atom. The van der Waals surface area contributed by atoms with Gasteiger partial charge in [0.1, 0.15) is 16.8 Å². The van der Waals surface area contributed by atoms with Crippen molar-refractivity contribution >= 4 is 22.8 Å². The molecule has 1 heterocycles. The summed E-state index contributed by atoms with van der Waals surface area (Å²) >= 11 is 1.32. The van der Waals surface area contributed by atoms with Gasteiger partial charge in [-0.3, -0.25) is 4.99 Å². The van der Waals surface area contributed by atoms with Crippen LogP contribution in [-0.2, 0) is 4.79 Å². The van der Waals surface area contributed by atoms with Crippen LogP contribution in [0.25, 0.3) is 0 Å². The third-order valence-corrected chi connectivity index (χ3v) is 3.39. The predicted molar refractivity (Wildman–Crippen MR) is 60.6 cm³/mol. The van der Waals surface area contributed by atoms with Gasteiger partial charge in [-0.15, -0.1) is 11.8 Å². The Morgan fingerprint density at radius 3 is 2.88 bits per heavy atom. The summed E-state index contributed by atoms with van der Waals surface area (Å²) in [7, 11) is 0. The van der Waals surface area contributed by atoms with E-state index in [0.29, 0.717) is 16.4 Å². The van der Waals surface area contributed by atoms with Gasteiger partial charge in [-0.1, -0.05) is 11.6 Å². The Bertz CT molecular complexity index is 476. The molecule has 1 unspecified atom stereocenters. The van der Waals surface area contributed by atoms with Crippen LogP contribution in [0.4, 0.5) is 0 Å². The topological polar surface area (TPSA) is 72.7 Å². The normalized spacial score (nSPS) is 18.4. The number of aryl methyl sites for hydroxylation is 1. The molecule has 1 aliphatic heterocycles. The Kier molecular flexibility index (Phi) is 5.06. The first kappa shape index (κ1) is 14.6. The molecule has 1 N–H and O–H groups in total. The number of nitrogens with zero attached hydrogens (tertiary/aromatic N) is 1. The van der Waals surface area contributed by atoms with E-state index < -0.39 is 12.0 Å². The Labute approximate surface area is 125 Å². The van der Waals surface area contributed by atoms with E-state index in [4.69, 9.17) is 0 Å². The van der Waals surface area contributed by atoms with Gasteiger partial charge in [0, 0.05) is 11.3 Å². The quantitative estimate of drug-likeness (QED) is 0.587. The van der Waals surface area contributed by atoms with Gasteiger partial charge >= 0.3 is 29.6 Å². The first-order valence-electron chi connectivity index (χ1n) is 4.79. The molecule has 17 heavy (non-hydrogen) atoms. The van der Waals surface area contributed by atoms with Crippen molar-refractivity contribution in [2.24, 2.45) is 4.99 Å². The molecule has 0 aliphatic carbocycles. The van der Waals surface area contributed by atoms with Crippen LogP contribution in [0.3, 0.4) is 0 Å². The fourth-order valence-electron chi connectivity index (χ4n) is 1.46. The van der Waals surface area contributed by atoms with E-state index >= 15 is 0 Å². The summed E-state index contributed by atoms with van der Waals surface area (Å²) < 4.78 is 0. The van der Waals surface area contributed by atoms with Crippen molar-refractivity contribution < 1.29 is 44.6 Å². The number of rotatable bonds is 2. The minimum absolute atomic E-state index is 0. The Balaban J connectivity index is 0.00000144. The molecule has 0 saturated heterocycles. The second-order valence-corrected chi connectivity index (χ2v) is 4.61. The molecule has 2 rings (SSSR count). The fraction of sp³-hybridized carbons (Fsp3) is 0.273. The van der Waals surface area contributed by atoms with Crippen LogP contribution in [0.5, 0.6) is 5.75 Å². The molecular weight excluding hydrogens is 249 g/mol. The maximum Gasteiger partial charge on any atom is 1.00 e. The van der Waals surface area contributed by atoms with Gasteiger partial charge in [-0.05, 0) is 19.1 Å². The average Bonchev–Trinajstić information content (AvgIpc) is 2.70. The second kappa shape index (κ2) is 5.91. The maximum absolute atomic E-state index is 10.6. The smallest absolute Gasteiger partial charge is 0.548 e. The summed E-state index contributed by atoms with van der Waals surface area (Å²) in [5.41, 5.74) is 1.58.